The number of nitrogens with one attached hydrogen (secondary N) is 1. The molecule has 1 saturated heterocycles. The van der Waals surface area contributed by atoms with Crippen molar-refractivity contribution in [1.82, 2.24) is 10.2 Å². The minimum absolute atomic E-state index is 0.132. The van der Waals surface area contributed by atoms with Crippen molar-refractivity contribution < 1.29 is 9.21 Å². The molecule has 0 bridgehead atoms. The molecule has 6 heteroatoms. The highest BCUT2D eigenvalue weighted by Crippen LogP contribution is 2.18. The number of furan rings is 1. The molecule has 2 aromatic heterocycles. The Hall–Kier alpha value is -1.92. The Labute approximate surface area is 119 Å². The van der Waals surface area contributed by atoms with Gasteiger partial charge in [-0.1, -0.05) is 0 Å². The monoisotopic (exact) mass is 290 g/mol. The Bertz CT molecular complexity index is 630. The van der Waals surface area contributed by atoms with Crippen LogP contribution >= 0.6 is 23.6 Å². The van der Waals surface area contributed by atoms with Gasteiger partial charge in [0, 0.05) is 0 Å². The van der Waals surface area contributed by atoms with E-state index in [1.54, 1.807) is 29.7 Å². The fraction of sp³-hybridized carbons (Fsp3) is 0.0769. The summed E-state index contributed by atoms with van der Waals surface area (Å²) in [6, 6.07) is 5.55. The second-order valence-corrected chi connectivity index (χ2v) is 5.18. The number of amides is 1. The van der Waals surface area contributed by atoms with Crippen molar-refractivity contribution >= 4 is 40.7 Å². The van der Waals surface area contributed by atoms with Crippen molar-refractivity contribution in [3.8, 4) is 0 Å². The van der Waals surface area contributed by atoms with Gasteiger partial charge in [0.1, 0.15) is 11.5 Å². The van der Waals surface area contributed by atoms with Crippen molar-refractivity contribution in [2.24, 2.45) is 0 Å². The number of carbonyl (C=O) groups is 1. The maximum Gasteiger partial charge on any atom is 0.276 e. The van der Waals surface area contributed by atoms with Crippen molar-refractivity contribution in [3.05, 3.63) is 52.2 Å². The fourth-order valence-corrected chi connectivity index (χ4v) is 2.67. The third-order valence-electron chi connectivity index (χ3n) is 2.71. The summed E-state index contributed by atoms with van der Waals surface area (Å²) in [7, 11) is 0. The number of carbonyl (C=O) groups excluding carboxylic acids is 1. The van der Waals surface area contributed by atoms with E-state index in [0.717, 1.165) is 5.56 Å². The van der Waals surface area contributed by atoms with Crippen LogP contribution in [0.25, 0.3) is 6.08 Å². The predicted molar refractivity (Wildman–Crippen MR) is 77.3 cm³/mol. The van der Waals surface area contributed by atoms with Gasteiger partial charge in [-0.25, -0.2) is 0 Å². The summed E-state index contributed by atoms with van der Waals surface area (Å²) in [6.07, 6.45) is 3.38. The summed E-state index contributed by atoms with van der Waals surface area (Å²) in [5.74, 6) is 0.571. The molecule has 96 valence electrons. The second kappa shape index (κ2) is 4.99. The molecule has 3 heterocycles. The maximum atomic E-state index is 12.2. The first-order valence-corrected chi connectivity index (χ1v) is 6.98. The van der Waals surface area contributed by atoms with E-state index in [1.807, 2.05) is 22.9 Å². The molecule has 1 fully saturated rings. The van der Waals surface area contributed by atoms with Gasteiger partial charge < -0.3 is 9.73 Å². The third-order valence-corrected chi connectivity index (χ3v) is 3.73. The zero-order valence-electron chi connectivity index (χ0n) is 9.83. The van der Waals surface area contributed by atoms with E-state index >= 15 is 0 Å². The van der Waals surface area contributed by atoms with Crippen LogP contribution in [0.1, 0.15) is 11.3 Å². The number of hydrogen-bond donors (Lipinski definition) is 1. The molecule has 1 aliphatic rings. The Morgan fingerprint density at radius 2 is 2.37 bits per heavy atom. The van der Waals surface area contributed by atoms with Crippen molar-refractivity contribution in [3.63, 3.8) is 0 Å². The lowest BCUT2D eigenvalue weighted by molar-refractivity contribution is -0.122. The SMILES string of the molecule is O=C1/C(=C/c2ccsc2)NC(=S)N1Cc1ccco1. The largest absolute Gasteiger partial charge is 0.467 e. The quantitative estimate of drug-likeness (QED) is 0.697. The van der Waals surface area contributed by atoms with E-state index in [9.17, 15) is 4.79 Å². The van der Waals surface area contributed by atoms with Crippen LogP contribution in [0.4, 0.5) is 0 Å². The first-order valence-electron chi connectivity index (χ1n) is 5.63. The maximum absolute atomic E-state index is 12.2. The third kappa shape index (κ3) is 2.45. The average molecular weight is 290 g/mol. The lowest BCUT2D eigenvalue weighted by Gasteiger charge is -2.11. The van der Waals surface area contributed by atoms with Crippen LogP contribution in [0.15, 0.2) is 45.3 Å². The van der Waals surface area contributed by atoms with Crippen LogP contribution in [0.2, 0.25) is 0 Å². The Kier molecular flexibility index (Phi) is 3.18. The highest BCUT2D eigenvalue weighted by atomic mass is 32.1. The summed E-state index contributed by atoms with van der Waals surface area (Å²) >= 11 is 6.76. The molecule has 4 nitrogen and oxygen atoms in total. The summed E-state index contributed by atoms with van der Waals surface area (Å²) in [6.45, 7) is 0.346. The van der Waals surface area contributed by atoms with Gasteiger partial charge in [0.2, 0.25) is 0 Å². The van der Waals surface area contributed by atoms with E-state index in [1.165, 1.54) is 4.90 Å². The molecule has 0 spiro atoms. The van der Waals surface area contributed by atoms with Gasteiger partial charge in [-0.3, -0.25) is 9.69 Å². The number of nitrogens with zero attached hydrogens (tertiary/aromatic N) is 1. The average Bonchev–Trinajstić information content (AvgIpc) is 3.10. The first kappa shape index (κ1) is 12.1. The molecule has 0 radical (unpaired) electrons. The minimum Gasteiger partial charge on any atom is -0.467 e. The summed E-state index contributed by atoms with van der Waals surface area (Å²) < 4.78 is 5.23. The Morgan fingerprint density at radius 3 is 3.05 bits per heavy atom. The molecule has 0 unspecified atom stereocenters. The molecular formula is C13H10N2O2S2. The fourth-order valence-electron chi connectivity index (χ4n) is 1.80. The molecular weight excluding hydrogens is 280 g/mol. The summed E-state index contributed by atoms with van der Waals surface area (Å²) in [4.78, 5) is 13.7. The lowest BCUT2D eigenvalue weighted by Crippen LogP contribution is -2.29. The Morgan fingerprint density at radius 1 is 1.47 bits per heavy atom. The van der Waals surface area contributed by atoms with E-state index in [4.69, 9.17) is 16.6 Å². The summed E-state index contributed by atoms with van der Waals surface area (Å²) in [5.41, 5.74) is 1.48. The van der Waals surface area contributed by atoms with Crippen LogP contribution in [-0.2, 0) is 11.3 Å². The molecule has 2 aromatic rings. The molecule has 1 amide bonds. The van der Waals surface area contributed by atoms with Crippen molar-refractivity contribution in [1.29, 1.82) is 0 Å². The number of rotatable bonds is 3. The van der Waals surface area contributed by atoms with Crippen LogP contribution < -0.4 is 5.32 Å². The van der Waals surface area contributed by atoms with Gasteiger partial charge in [0.15, 0.2) is 5.11 Å². The highest BCUT2D eigenvalue weighted by Gasteiger charge is 2.31. The smallest absolute Gasteiger partial charge is 0.276 e. The zero-order valence-corrected chi connectivity index (χ0v) is 11.5. The van der Waals surface area contributed by atoms with Crippen molar-refractivity contribution in [2.45, 2.75) is 6.54 Å². The van der Waals surface area contributed by atoms with Crippen LogP contribution in [0, 0.1) is 0 Å². The topological polar surface area (TPSA) is 45.5 Å². The van der Waals surface area contributed by atoms with Gasteiger partial charge in [-0.05, 0) is 52.8 Å². The van der Waals surface area contributed by atoms with Gasteiger partial charge in [0.25, 0.3) is 5.91 Å². The normalized spacial score (nSPS) is 17.3. The van der Waals surface area contributed by atoms with Crippen LogP contribution in [0.5, 0.6) is 0 Å². The van der Waals surface area contributed by atoms with Gasteiger partial charge in [-0.15, -0.1) is 0 Å². The molecule has 0 aromatic carbocycles. The Balaban J connectivity index is 1.81. The molecule has 0 saturated carbocycles. The van der Waals surface area contributed by atoms with Crippen LogP contribution in [0.3, 0.4) is 0 Å². The molecule has 1 aliphatic heterocycles. The molecule has 0 aliphatic carbocycles. The molecule has 3 rings (SSSR count). The number of thiocarbonyl (C=S) groups is 1. The van der Waals surface area contributed by atoms with E-state index in [-0.39, 0.29) is 5.91 Å². The molecule has 1 N–H and O–H groups in total. The van der Waals surface area contributed by atoms with E-state index in [0.29, 0.717) is 23.1 Å². The second-order valence-electron chi connectivity index (χ2n) is 4.02. The standard InChI is InChI=1S/C13H10N2O2S2/c16-12-11(6-9-3-5-19-8-9)14-13(18)15(12)7-10-2-1-4-17-10/h1-6,8H,7H2,(H,14,18)/b11-6-. The number of hydrogen-bond acceptors (Lipinski definition) is 4. The predicted octanol–water partition coefficient (Wildman–Crippen LogP) is 2.60. The highest BCUT2D eigenvalue weighted by molar-refractivity contribution is 7.80. The zero-order chi connectivity index (χ0) is 13.2. The number of thiophene rings is 1. The van der Waals surface area contributed by atoms with Gasteiger partial charge >= 0.3 is 0 Å². The van der Waals surface area contributed by atoms with Crippen molar-refractivity contribution in [2.75, 3.05) is 0 Å². The minimum atomic E-state index is -0.132. The van der Waals surface area contributed by atoms with E-state index < -0.39 is 0 Å². The van der Waals surface area contributed by atoms with E-state index in [2.05, 4.69) is 5.32 Å². The first-order chi connectivity index (χ1) is 9.24. The van der Waals surface area contributed by atoms with Gasteiger partial charge in [0.05, 0.1) is 12.8 Å². The van der Waals surface area contributed by atoms with Crippen LogP contribution in [-0.4, -0.2) is 15.9 Å². The molecule has 0 atom stereocenters. The molecule has 19 heavy (non-hydrogen) atoms. The summed E-state index contributed by atoms with van der Waals surface area (Å²) in [5, 5.41) is 7.28. The van der Waals surface area contributed by atoms with Gasteiger partial charge in [-0.2, -0.15) is 11.3 Å². The lowest BCUT2D eigenvalue weighted by atomic mass is 10.2.